The molecule has 17 heavy (non-hydrogen) atoms. The molecular weight excluding hydrogens is 226 g/mol. The maximum atomic E-state index is 3.78. The van der Waals surface area contributed by atoms with Gasteiger partial charge in [0.15, 0.2) is 0 Å². The molecule has 0 radical (unpaired) electrons. The summed E-state index contributed by atoms with van der Waals surface area (Å²) in [6.45, 7) is 10.5. The Kier molecular flexibility index (Phi) is 3.94. The zero-order valence-corrected chi connectivity index (χ0v) is 12.4. The molecule has 96 valence electrons. The minimum atomic E-state index is 0.402. The normalized spacial score (nSPS) is 22.2. The number of aryl methyl sites for hydroxylation is 1. The van der Waals surface area contributed by atoms with Crippen LogP contribution in [0.2, 0.25) is 0 Å². The number of hydrogen-bond acceptors (Lipinski definition) is 2. The van der Waals surface area contributed by atoms with Crippen LogP contribution < -0.4 is 5.32 Å². The minimum Gasteiger partial charge on any atom is -0.310 e. The predicted molar refractivity (Wildman–Crippen MR) is 76.6 cm³/mol. The molecule has 0 fully saturated rings. The zero-order chi connectivity index (χ0) is 12.5. The van der Waals surface area contributed by atoms with Crippen molar-refractivity contribution >= 4 is 11.3 Å². The Morgan fingerprint density at radius 2 is 2.24 bits per heavy atom. The van der Waals surface area contributed by atoms with Crippen LogP contribution in [0.1, 0.15) is 57.0 Å². The third-order valence-corrected chi connectivity index (χ3v) is 5.20. The van der Waals surface area contributed by atoms with Crippen molar-refractivity contribution in [3.05, 3.63) is 21.9 Å². The Morgan fingerprint density at radius 1 is 1.47 bits per heavy atom. The highest BCUT2D eigenvalue weighted by Gasteiger charge is 2.24. The van der Waals surface area contributed by atoms with E-state index in [9.17, 15) is 0 Å². The van der Waals surface area contributed by atoms with Crippen LogP contribution >= 0.6 is 11.3 Å². The Hall–Kier alpha value is -0.340. The van der Waals surface area contributed by atoms with E-state index in [2.05, 4.69) is 44.5 Å². The summed E-state index contributed by atoms with van der Waals surface area (Å²) in [6, 6.07) is 2.92. The second-order valence-electron chi connectivity index (χ2n) is 6.42. The lowest BCUT2D eigenvalue weighted by Gasteiger charge is -2.31. The van der Waals surface area contributed by atoms with Crippen LogP contribution in [0, 0.1) is 11.3 Å². The van der Waals surface area contributed by atoms with Gasteiger partial charge in [-0.1, -0.05) is 27.7 Å². The van der Waals surface area contributed by atoms with Crippen LogP contribution in [0.3, 0.4) is 0 Å². The van der Waals surface area contributed by atoms with Crippen LogP contribution in [0.4, 0.5) is 0 Å². The fraction of sp³-hybridized carbons (Fsp3) is 0.733. The number of hydrogen-bond donors (Lipinski definition) is 1. The number of fused-ring (bicyclic) bond motifs is 1. The van der Waals surface area contributed by atoms with E-state index in [1.165, 1.54) is 19.3 Å². The first-order valence-corrected chi connectivity index (χ1v) is 7.66. The Balaban J connectivity index is 1.94. The summed E-state index contributed by atoms with van der Waals surface area (Å²) in [5, 5.41) is 6.02. The molecule has 0 saturated carbocycles. The first kappa shape index (κ1) is 13.1. The van der Waals surface area contributed by atoms with Gasteiger partial charge in [-0.2, -0.15) is 0 Å². The molecule has 2 atom stereocenters. The lowest BCUT2D eigenvalue weighted by Crippen LogP contribution is -2.33. The van der Waals surface area contributed by atoms with Crippen molar-refractivity contribution < 1.29 is 0 Å². The van der Waals surface area contributed by atoms with E-state index in [-0.39, 0.29) is 0 Å². The molecule has 1 aromatic heterocycles. The highest BCUT2D eigenvalue weighted by molar-refractivity contribution is 7.10. The minimum absolute atomic E-state index is 0.402. The van der Waals surface area contributed by atoms with Crippen molar-refractivity contribution in [3.63, 3.8) is 0 Å². The zero-order valence-electron chi connectivity index (χ0n) is 11.5. The maximum absolute atomic E-state index is 3.78. The number of rotatable bonds is 3. The van der Waals surface area contributed by atoms with E-state index in [0.29, 0.717) is 17.4 Å². The highest BCUT2D eigenvalue weighted by Crippen LogP contribution is 2.34. The molecule has 0 saturated heterocycles. The largest absolute Gasteiger partial charge is 0.310 e. The maximum Gasteiger partial charge on any atom is 0.0331 e. The third kappa shape index (κ3) is 3.11. The molecule has 2 heteroatoms. The van der Waals surface area contributed by atoms with E-state index < -0.39 is 0 Å². The van der Waals surface area contributed by atoms with Crippen molar-refractivity contribution in [3.8, 4) is 0 Å². The van der Waals surface area contributed by atoms with E-state index in [1.807, 2.05) is 11.3 Å². The van der Waals surface area contributed by atoms with Crippen LogP contribution in [-0.2, 0) is 6.42 Å². The van der Waals surface area contributed by atoms with Crippen molar-refractivity contribution in [2.24, 2.45) is 11.3 Å². The second-order valence-corrected chi connectivity index (χ2v) is 7.42. The average Bonchev–Trinajstić information content (AvgIpc) is 2.72. The summed E-state index contributed by atoms with van der Waals surface area (Å²) in [7, 11) is 0. The van der Waals surface area contributed by atoms with E-state index in [1.54, 1.807) is 10.4 Å². The molecule has 2 rings (SSSR count). The van der Waals surface area contributed by atoms with Gasteiger partial charge in [-0.25, -0.2) is 0 Å². The van der Waals surface area contributed by atoms with Gasteiger partial charge >= 0.3 is 0 Å². The SMILES string of the molecule is CC(CNC1CCCc2sccc21)C(C)(C)C. The summed E-state index contributed by atoms with van der Waals surface area (Å²) in [4.78, 5) is 1.61. The highest BCUT2D eigenvalue weighted by atomic mass is 32.1. The van der Waals surface area contributed by atoms with Gasteiger partial charge in [-0.3, -0.25) is 0 Å². The number of nitrogens with one attached hydrogen (secondary N) is 1. The summed E-state index contributed by atoms with van der Waals surface area (Å²) >= 11 is 1.93. The lowest BCUT2D eigenvalue weighted by atomic mass is 9.81. The van der Waals surface area contributed by atoms with Crippen molar-refractivity contribution in [2.75, 3.05) is 6.54 Å². The molecule has 1 aromatic rings. The Bertz CT molecular complexity index is 361. The van der Waals surface area contributed by atoms with E-state index >= 15 is 0 Å². The van der Waals surface area contributed by atoms with Crippen LogP contribution in [0.15, 0.2) is 11.4 Å². The third-order valence-electron chi connectivity index (χ3n) is 4.20. The summed E-state index contributed by atoms with van der Waals surface area (Å²) < 4.78 is 0. The Labute approximate surface area is 110 Å². The molecule has 2 unspecified atom stereocenters. The van der Waals surface area contributed by atoms with Gasteiger partial charge in [0.05, 0.1) is 0 Å². The van der Waals surface area contributed by atoms with E-state index in [4.69, 9.17) is 0 Å². The first-order valence-electron chi connectivity index (χ1n) is 6.78. The van der Waals surface area contributed by atoms with E-state index in [0.717, 1.165) is 6.54 Å². The van der Waals surface area contributed by atoms with Gasteiger partial charge in [-0.05, 0) is 54.1 Å². The first-order chi connectivity index (χ1) is 7.98. The number of thiophene rings is 1. The molecule has 1 N–H and O–H groups in total. The van der Waals surface area contributed by atoms with Gasteiger partial charge in [-0.15, -0.1) is 11.3 Å². The lowest BCUT2D eigenvalue weighted by molar-refractivity contribution is 0.242. The predicted octanol–water partition coefficient (Wildman–Crippen LogP) is 4.40. The molecule has 0 bridgehead atoms. The van der Waals surface area contributed by atoms with Crippen LogP contribution in [0.25, 0.3) is 0 Å². The molecule has 1 nitrogen and oxygen atoms in total. The standard InChI is InChI=1S/C15H25NS/c1-11(15(2,3)4)10-16-13-6-5-7-14-12(13)8-9-17-14/h8-9,11,13,16H,5-7,10H2,1-4H3. The van der Waals surface area contributed by atoms with Gasteiger partial charge < -0.3 is 5.32 Å². The van der Waals surface area contributed by atoms with Crippen LogP contribution in [-0.4, -0.2) is 6.54 Å². The topological polar surface area (TPSA) is 12.0 Å². The molecule has 0 aromatic carbocycles. The molecule has 0 spiro atoms. The summed E-state index contributed by atoms with van der Waals surface area (Å²) in [6.07, 6.45) is 3.94. The van der Waals surface area contributed by atoms with Gasteiger partial charge in [0, 0.05) is 10.9 Å². The average molecular weight is 251 g/mol. The Morgan fingerprint density at radius 3 is 2.94 bits per heavy atom. The monoisotopic (exact) mass is 251 g/mol. The molecule has 1 aliphatic carbocycles. The molecule has 1 heterocycles. The van der Waals surface area contributed by atoms with Gasteiger partial charge in [0.2, 0.25) is 0 Å². The van der Waals surface area contributed by atoms with Gasteiger partial charge in [0.1, 0.15) is 0 Å². The summed E-state index contributed by atoms with van der Waals surface area (Å²) in [5.74, 6) is 0.714. The van der Waals surface area contributed by atoms with Crippen molar-refractivity contribution in [1.29, 1.82) is 0 Å². The van der Waals surface area contributed by atoms with Crippen molar-refractivity contribution in [2.45, 2.75) is 53.0 Å². The molecule has 1 aliphatic rings. The van der Waals surface area contributed by atoms with Crippen molar-refractivity contribution in [1.82, 2.24) is 5.32 Å². The smallest absolute Gasteiger partial charge is 0.0331 e. The molecular formula is C15H25NS. The summed E-state index contributed by atoms with van der Waals surface area (Å²) in [5.41, 5.74) is 1.97. The fourth-order valence-corrected chi connectivity index (χ4v) is 3.31. The molecule has 0 amide bonds. The second kappa shape index (κ2) is 5.11. The molecule has 0 aliphatic heterocycles. The quantitative estimate of drug-likeness (QED) is 0.839. The van der Waals surface area contributed by atoms with Gasteiger partial charge in [0.25, 0.3) is 0 Å². The fourth-order valence-electron chi connectivity index (χ4n) is 2.32. The van der Waals surface area contributed by atoms with Crippen LogP contribution in [0.5, 0.6) is 0 Å².